The van der Waals surface area contributed by atoms with Crippen LogP contribution in [0.4, 0.5) is 0 Å². The molecule has 0 aromatic rings. The molecule has 1 unspecified atom stereocenters. The SMILES string of the molecule is CCCCCCCCCCCCCCCCCCCCCC(=O)OCC(O)COC(=O)CCCCCCC. The smallest absolute Gasteiger partial charge is 0.305 e. The van der Waals surface area contributed by atoms with E-state index < -0.39 is 6.10 Å². The van der Waals surface area contributed by atoms with Crippen molar-refractivity contribution in [2.75, 3.05) is 13.2 Å². The van der Waals surface area contributed by atoms with Crippen molar-refractivity contribution in [2.24, 2.45) is 0 Å². The molecule has 0 radical (unpaired) electrons. The van der Waals surface area contributed by atoms with E-state index in [0.29, 0.717) is 12.8 Å². The number of hydrogen-bond donors (Lipinski definition) is 1. The second-order valence-corrected chi connectivity index (χ2v) is 11.3. The molecule has 226 valence electrons. The maximum Gasteiger partial charge on any atom is 0.305 e. The molecule has 0 rings (SSSR count). The third-order valence-corrected chi connectivity index (χ3v) is 7.34. The lowest BCUT2D eigenvalue weighted by Gasteiger charge is -2.12. The van der Waals surface area contributed by atoms with E-state index in [2.05, 4.69) is 13.8 Å². The summed E-state index contributed by atoms with van der Waals surface area (Å²) < 4.78 is 10.2. The first kappa shape index (κ1) is 36.9. The normalized spacial score (nSPS) is 12.0. The van der Waals surface area contributed by atoms with Gasteiger partial charge in [-0.1, -0.05) is 155 Å². The van der Waals surface area contributed by atoms with Crippen LogP contribution in [-0.2, 0) is 19.1 Å². The van der Waals surface area contributed by atoms with Crippen molar-refractivity contribution in [2.45, 2.75) is 187 Å². The average Bonchev–Trinajstić information content (AvgIpc) is 2.91. The van der Waals surface area contributed by atoms with E-state index in [1.807, 2.05) is 0 Å². The third-order valence-electron chi connectivity index (χ3n) is 7.34. The summed E-state index contributed by atoms with van der Waals surface area (Å²) in [6.07, 6.45) is 30.4. The molecule has 0 saturated heterocycles. The number of rotatable bonds is 30. The minimum absolute atomic E-state index is 0.109. The molecule has 0 fully saturated rings. The van der Waals surface area contributed by atoms with Crippen LogP contribution in [0.5, 0.6) is 0 Å². The molecule has 0 aliphatic carbocycles. The molecule has 1 N–H and O–H groups in total. The summed E-state index contributed by atoms with van der Waals surface area (Å²) in [7, 11) is 0. The molecular formula is C33H64O5. The van der Waals surface area contributed by atoms with Gasteiger partial charge in [0.15, 0.2) is 0 Å². The summed E-state index contributed by atoms with van der Waals surface area (Å²) in [5.41, 5.74) is 0. The highest BCUT2D eigenvalue weighted by Crippen LogP contribution is 2.15. The van der Waals surface area contributed by atoms with Gasteiger partial charge in [0.2, 0.25) is 0 Å². The lowest BCUT2D eigenvalue weighted by molar-refractivity contribution is -0.152. The van der Waals surface area contributed by atoms with Gasteiger partial charge in [-0.2, -0.15) is 0 Å². The van der Waals surface area contributed by atoms with Crippen molar-refractivity contribution < 1.29 is 24.2 Å². The second kappa shape index (κ2) is 30.4. The van der Waals surface area contributed by atoms with Gasteiger partial charge in [0.05, 0.1) is 0 Å². The fraction of sp³-hybridized carbons (Fsp3) is 0.939. The molecular weight excluding hydrogens is 476 g/mol. The molecule has 0 bridgehead atoms. The summed E-state index contributed by atoms with van der Waals surface area (Å²) in [6, 6.07) is 0. The Labute approximate surface area is 236 Å². The van der Waals surface area contributed by atoms with Gasteiger partial charge in [-0.25, -0.2) is 0 Å². The lowest BCUT2D eigenvalue weighted by atomic mass is 10.0. The maximum atomic E-state index is 11.9. The van der Waals surface area contributed by atoms with Crippen LogP contribution in [-0.4, -0.2) is 36.4 Å². The average molecular weight is 541 g/mol. The predicted octanol–water partition coefficient (Wildman–Crippen LogP) is 9.62. The fourth-order valence-electron chi connectivity index (χ4n) is 4.79. The second-order valence-electron chi connectivity index (χ2n) is 11.3. The van der Waals surface area contributed by atoms with Crippen LogP contribution in [0.3, 0.4) is 0 Å². The van der Waals surface area contributed by atoms with Gasteiger partial charge in [0.1, 0.15) is 19.3 Å². The first-order chi connectivity index (χ1) is 18.6. The molecule has 0 amide bonds. The topological polar surface area (TPSA) is 72.8 Å². The predicted molar refractivity (Wildman–Crippen MR) is 159 cm³/mol. The number of hydrogen-bond acceptors (Lipinski definition) is 5. The van der Waals surface area contributed by atoms with Gasteiger partial charge in [-0.05, 0) is 12.8 Å². The fourth-order valence-corrected chi connectivity index (χ4v) is 4.79. The van der Waals surface area contributed by atoms with E-state index in [4.69, 9.17) is 9.47 Å². The number of aliphatic hydroxyl groups is 1. The quantitative estimate of drug-likeness (QED) is 0.0725. The van der Waals surface area contributed by atoms with Crippen molar-refractivity contribution >= 4 is 11.9 Å². The number of esters is 2. The number of unbranched alkanes of at least 4 members (excludes halogenated alkanes) is 22. The van der Waals surface area contributed by atoms with Crippen molar-refractivity contribution in [3.05, 3.63) is 0 Å². The Morgan fingerprint density at radius 1 is 0.447 bits per heavy atom. The van der Waals surface area contributed by atoms with Gasteiger partial charge < -0.3 is 14.6 Å². The highest BCUT2D eigenvalue weighted by atomic mass is 16.6. The van der Waals surface area contributed by atoms with Gasteiger partial charge in [0.25, 0.3) is 0 Å². The first-order valence-electron chi connectivity index (χ1n) is 16.6. The number of ether oxygens (including phenoxy) is 2. The third kappa shape index (κ3) is 29.5. The van der Waals surface area contributed by atoms with Crippen LogP contribution in [0.2, 0.25) is 0 Å². The molecule has 0 spiro atoms. The zero-order valence-corrected chi connectivity index (χ0v) is 25.5. The van der Waals surface area contributed by atoms with Crippen molar-refractivity contribution in [1.82, 2.24) is 0 Å². The number of carbonyl (C=O) groups excluding carboxylic acids is 2. The van der Waals surface area contributed by atoms with E-state index in [9.17, 15) is 14.7 Å². The molecule has 5 heteroatoms. The summed E-state index contributed by atoms with van der Waals surface area (Å²) in [5, 5.41) is 9.87. The van der Waals surface area contributed by atoms with Crippen LogP contribution < -0.4 is 0 Å². The van der Waals surface area contributed by atoms with Crippen LogP contribution in [0.25, 0.3) is 0 Å². The van der Waals surface area contributed by atoms with E-state index in [1.54, 1.807) is 0 Å². The van der Waals surface area contributed by atoms with E-state index in [1.165, 1.54) is 122 Å². The monoisotopic (exact) mass is 540 g/mol. The molecule has 1 atom stereocenters. The van der Waals surface area contributed by atoms with Crippen LogP contribution in [0.15, 0.2) is 0 Å². The number of carbonyl (C=O) groups is 2. The molecule has 0 aromatic heterocycles. The standard InChI is InChI=1S/C33H64O5/c1-3-5-7-9-10-11-12-13-14-15-16-17-18-19-20-21-22-24-26-28-33(36)38-30-31(34)29-37-32(35)27-25-23-8-6-4-2/h31,34H,3-30H2,1-2H3. The Bertz CT molecular complexity index is 508. The van der Waals surface area contributed by atoms with Gasteiger partial charge in [0, 0.05) is 12.8 Å². The van der Waals surface area contributed by atoms with Gasteiger partial charge >= 0.3 is 11.9 Å². The molecule has 38 heavy (non-hydrogen) atoms. The van der Waals surface area contributed by atoms with E-state index >= 15 is 0 Å². The summed E-state index contributed by atoms with van der Waals surface area (Å²) in [5.74, 6) is -0.570. The Hall–Kier alpha value is -1.10. The zero-order valence-electron chi connectivity index (χ0n) is 25.5. The minimum atomic E-state index is -0.951. The molecule has 0 saturated carbocycles. The Morgan fingerprint density at radius 3 is 0.947 bits per heavy atom. The first-order valence-corrected chi connectivity index (χ1v) is 16.6. The van der Waals surface area contributed by atoms with Gasteiger partial charge in [-0.3, -0.25) is 9.59 Å². The number of aliphatic hydroxyl groups excluding tert-OH is 1. The van der Waals surface area contributed by atoms with Crippen LogP contribution in [0.1, 0.15) is 181 Å². The highest BCUT2D eigenvalue weighted by Gasteiger charge is 2.12. The minimum Gasteiger partial charge on any atom is -0.463 e. The molecule has 0 aliphatic heterocycles. The van der Waals surface area contributed by atoms with E-state index in [0.717, 1.165) is 32.1 Å². The largest absolute Gasteiger partial charge is 0.463 e. The van der Waals surface area contributed by atoms with Gasteiger partial charge in [-0.15, -0.1) is 0 Å². The van der Waals surface area contributed by atoms with E-state index in [-0.39, 0.29) is 25.2 Å². The summed E-state index contributed by atoms with van der Waals surface area (Å²) in [6.45, 7) is 4.22. The van der Waals surface area contributed by atoms with Crippen molar-refractivity contribution in [3.8, 4) is 0 Å². The Balaban J connectivity index is 3.32. The summed E-state index contributed by atoms with van der Waals surface area (Å²) >= 11 is 0. The molecule has 0 heterocycles. The Kier molecular flexibility index (Phi) is 29.6. The molecule has 5 nitrogen and oxygen atoms in total. The van der Waals surface area contributed by atoms with Crippen LogP contribution in [0, 0.1) is 0 Å². The maximum absolute atomic E-state index is 11.9. The lowest BCUT2D eigenvalue weighted by Crippen LogP contribution is -2.25. The molecule has 0 aromatic carbocycles. The van der Waals surface area contributed by atoms with Crippen molar-refractivity contribution in [3.63, 3.8) is 0 Å². The van der Waals surface area contributed by atoms with Crippen LogP contribution >= 0.6 is 0 Å². The summed E-state index contributed by atoms with van der Waals surface area (Å²) in [4.78, 5) is 23.5. The molecule has 0 aliphatic rings. The Morgan fingerprint density at radius 2 is 0.684 bits per heavy atom. The van der Waals surface area contributed by atoms with Crippen molar-refractivity contribution in [1.29, 1.82) is 0 Å². The highest BCUT2D eigenvalue weighted by molar-refractivity contribution is 5.69. The zero-order chi connectivity index (χ0) is 27.9.